The van der Waals surface area contributed by atoms with Crippen LogP contribution < -0.4 is 0 Å². The van der Waals surface area contributed by atoms with Crippen molar-refractivity contribution >= 4 is 5.78 Å². The molecule has 32 heavy (non-hydrogen) atoms. The number of benzene rings is 2. The minimum Gasteiger partial charge on any atom is -0.396 e. The number of hydrogen-bond donors (Lipinski definition) is 1. The van der Waals surface area contributed by atoms with E-state index in [4.69, 9.17) is 0 Å². The van der Waals surface area contributed by atoms with Gasteiger partial charge in [0.15, 0.2) is 11.6 Å². The van der Waals surface area contributed by atoms with E-state index in [1.807, 2.05) is 13.8 Å². The first-order valence-corrected chi connectivity index (χ1v) is 10.2. The zero-order valence-corrected chi connectivity index (χ0v) is 18.3. The molecule has 170 valence electrons. The fraction of sp³-hybridized carbons (Fsp3) is 0.391. The average Bonchev–Trinajstić information content (AvgIpc) is 3.23. The maximum atomic E-state index is 13.0. The molecule has 6 nitrogen and oxygen atoms in total. The maximum Gasteiger partial charge on any atom is 0.416 e. The van der Waals surface area contributed by atoms with Crippen LogP contribution in [0, 0.1) is 5.41 Å². The van der Waals surface area contributed by atoms with Crippen LogP contribution in [-0.4, -0.2) is 37.7 Å². The first-order chi connectivity index (χ1) is 14.9. The third-order valence-electron chi connectivity index (χ3n) is 5.11. The highest BCUT2D eigenvalue weighted by Crippen LogP contribution is 2.33. The van der Waals surface area contributed by atoms with Crippen molar-refractivity contribution in [3.05, 3.63) is 59.4 Å². The zero-order valence-electron chi connectivity index (χ0n) is 18.3. The molecule has 0 saturated heterocycles. The molecule has 0 saturated carbocycles. The van der Waals surface area contributed by atoms with Gasteiger partial charge in [-0.1, -0.05) is 39.8 Å². The molecule has 3 aromatic rings. The largest absolute Gasteiger partial charge is 0.416 e. The van der Waals surface area contributed by atoms with Crippen LogP contribution in [0.3, 0.4) is 0 Å². The van der Waals surface area contributed by atoms with Crippen LogP contribution in [0.2, 0.25) is 0 Å². The summed E-state index contributed by atoms with van der Waals surface area (Å²) < 4.78 is 40.4. The van der Waals surface area contributed by atoms with E-state index in [1.54, 1.807) is 32.0 Å². The van der Waals surface area contributed by atoms with Gasteiger partial charge >= 0.3 is 6.18 Å². The van der Waals surface area contributed by atoms with E-state index in [0.717, 1.165) is 12.1 Å². The Balaban J connectivity index is 2.12. The standard InChI is InChI=1S/C23H25F3N4O2/c1-14(2)21-27-28-29-30(21)19-10-16(15-5-7-18(8-6-15)23(24,25)26)9-17(11-19)20(32)12-22(3,4)13-31/h5-11,14,31H,12-13H2,1-4H3. The molecule has 0 amide bonds. The number of halogens is 3. The first-order valence-electron chi connectivity index (χ1n) is 10.2. The van der Waals surface area contributed by atoms with Gasteiger partial charge in [-0.2, -0.15) is 17.9 Å². The maximum absolute atomic E-state index is 13.0. The Bertz CT molecular complexity index is 1100. The third kappa shape index (κ3) is 5.21. The molecule has 0 bridgehead atoms. The van der Waals surface area contributed by atoms with Crippen LogP contribution in [-0.2, 0) is 6.18 Å². The quantitative estimate of drug-likeness (QED) is 0.513. The van der Waals surface area contributed by atoms with E-state index >= 15 is 0 Å². The number of Topliss-reactive ketones (excluding diaryl/α,β-unsaturated/α-hetero) is 1. The van der Waals surface area contributed by atoms with Gasteiger partial charge < -0.3 is 5.11 Å². The molecule has 0 spiro atoms. The molecular weight excluding hydrogens is 421 g/mol. The molecule has 0 atom stereocenters. The Kier molecular flexibility index (Phi) is 6.50. The van der Waals surface area contributed by atoms with E-state index in [9.17, 15) is 23.1 Å². The van der Waals surface area contributed by atoms with E-state index in [0.29, 0.717) is 28.2 Å². The lowest BCUT2D eigenvalue weighted by Crippen LogP contribution is -2.21. The van der Waals surface area contributed by atoms with Crippen LogP contribution in [0.4, 0.5) is 13.2 Å². The van der Waals surface area contributed by atoms with E-state index in [2.05, 4.69) is 15.5 Å². The second kappa shape index (κ2) is 8.82. The molecule has 3 rings (SSSR count). The van der Waals surface area contributed by atoms with Crippen molar-refractivity contribution < 1.29 is 23.1 Å². The molecule has 0 aliphatic rings. The van der Waals surface area contributed by atoms with Crippen molar-refractivity contribution in [2.45, 2.75) is 46.2 Å². The monoisotopic (exact) mass is 446 g/mol. The number of tetrazole rings is 1. The average molecular weight is 446 g/mol. The predicted octanol–water partition coefficient (Wildman–Crippen LogP) is 5.06. The van der Waals surface area contributed by atoms with Crippen molar-refractivity contribution in [3.63, 3.8) is 0 Å². The van der Waals surface area contributed by atoms with Gasteiger partial charge in [-0.05, 0) is 57.3 Å². The highest BCUT2D eigenvalue weighted by atomic mass is 19.4. The number of aliphatic hydroxyl groups is 1. The van der Waals surface area contributed by atoms with Crippen LogP contribution in [0.15, 0.2) is 42.5 Å². The Morgan fingerprint density at radius 2 is 1.72 bits per heavy atom. The van der Waals surface area contributed by atoms with Gasteiger partial charge in [0.1, 0.15) is 0 Å². The Morgan fingerprint density at radius 3 is 2.28 bits per heavy atom. The van der Waals surface area contributed by atoms with Crippen molar-refractivity contribution in [1.82, 2.24) is 20.2 Å². The summed E-state index contributed by atoms with van der Waals surface area (Å²) in [5, 5.41) is 21.3. The molecule has 0 aliphatic carbocycles. The van der Waals surface area contributed by atoms with Crippen LogP contribution in [0.25, 0.3) is 16.8 Å². The topological polar surface area (TPSA) is 80.9 Å². The number of carbonyl (C=O) groups is 1. The van der Waals surface area contributed by atoms with Crippen LogP contribution >= 0.6 is 0 Å². The fourth-order valence-corrected chi connectivity index (χ4v) is 3.24. The molecule has 1 aromatic heterocycles. The molecule has 9 heteroatoms. The van der Waals surface area contributed by atoms with Gasteiger partial charge in [-0.3, -0.25) is 4.79 Å². The summed E-state index contributed by atoms with van der Waals surface area (Å²) in [5.74, 6) is 0.397. The lowest BCUT2D eigenvalue weighted by atomic mass is 9.86. The number of carbonyl (C=O) groups excluding carboxylic acids is 1. The molecule has 0 radical (unpaired) electrons. The van der Waals surface area contributed by atoms with Crippen molar-refractivity contribution in [3.8, 4) is 16.8 Å². The normalized spacial score (nSPS) is 12.4. The SMILES string of the molecule is CC(C)c1nnnn1-c1cc(C(=O)CC(C)(C)CO)cc(-c2ccc(C(F)(F)F)cc2)c1. The summed E-state index contributed by atoms with van der Waals surface area (Å²) in [7, 11) is 0. The van der Waals surface area contributed by atoms with E-state index in [1.165, 1.54) is 16.8 Å². The number of hydrogen-bond acceptors (Lipinski definition) is 5. The number of nitrogens with zero attached hydrogens (tertiary/aromatic N) is 4. The summed E-state index contributed by atoms with van der Waals surface area (Å²) in [6, 6.07) is 9.79. The number of ketones is 1. The van der Waals surface area contributed by atoms with Gasteiger partial charge in [0.25, 0.3) is 0 Å². The van der Waals surface area contributed by atoms with E-state index < -0.39 is 17.2 Å². The predicted molar refractivity (Wildman–Crippen MR) is 113 cm³/mol. The summed E-state index contributed by atoms with van der Waals surface area (Å²) in [6.45, 7) is 7.26. The molecule has 0 fully saturated rings. The Morgan fingerprint density at radius 1 is 1.06 bits per heavy atom. The molecule has 0 aliphatic heterocycles. The lowest BCUT2D eigenvalue weighted by Gasteiger charge is -2.21. The second-order valence-electron chi connectivity index (χ2n) is 8.87. The molecular formula is C23H25F3N4O2. The minimum atomic E-state index is -4.43. The number of rotatable bonds is 7. The summed E-state index contributed by atoms with van der Waals surface area (Å²) in [4.78, 5) is 13.0. The van der Waals surface area contributed by atoms with Gasteiger partial charge in [0, 0.05) is 24.5 Å². The minimum absolute atomic E-state index is 0.00667. The summed E-state index contributed by atoms with van der Waals surface area (Å²) in [5.41, 5.74) is 0.618. The van der Waals surface area contributed by atoms with Gasteiger partial charge in [-0.15, -0.1) is 5.10 Å². The van der Waals surface area contributed by atoms with Gasteiger partial charge in [-0.25, -0.2) is 0 Å². The van der Waals surface area contributed by atoms with Crippen LogP contribution in [0.1, 0.15) is 61.8 Å². The van der Waals surface area contributed by atoms with Crippen molar-refractivity contribution in [2.24, 2.45) is 5.41 Å². The zero-order chi connectivity index (χ0) is 23.7. The smallest absolute Gasteiger partial charge is 0.396 e. The molecule has 2 aromatic carbocycles. The molecule has 1 heterocycles. The summed E-state index contributed by atoms with van der Waals surface area (Å²) >= 11 is 0. The molecule has 0 unspecified atom stereocenters. The van der Waals surface area contributed by atoms with Crippen molar-refractivity contribution in [1.29, 1.82) is 0 Å². The van der Waals surface area contributed by atoms with Crippen LogP contribution in [0.5, 0.6) is 0 Å². The number of aromatic nitrogens is 4. The van der Waals surface area contributed by atoms with Crippen molar-refractivity contribution in [2.75, 3.05) is 6.61 Å². The number of alkyl halides is 3. The summed E-state index contributed by atoms with van der Waals surface area (Å²) in [6.07, 6.45) is -4.33. The second-order valence-corrected chi connectivity index (χ2v) is 8.87. The molecule has 1 N–H and O–H groups in total. The fourth-order valence-electron chi connectivity index (χ4n) is 3.24. The lowest BCUT2D eigenvalue weighted by molar-refractivity contribution is -0.137. The highest BCUT2D eigenvalue weighted by Gasteiger charge is 2.30. The number of aliphatic hydroxyl groups excluding tert-OH is 1. The van der Waals surface area contributed by atoms with Gasteiger partial charge in [0.05, 0.1) is 11.3 Å². The Labute approximate surface area is 184 Å². The first kappa shape index (κ1) is 23.6. The van der Waals surface area contributed by atoms with Gasteiger partial charge in [0.2, 0.25) is 0 Å². The highest BCUT2D eigenvalue weighted by molar-refractivity contribution is 5.98. The Hall–Kier alpha value is -3.07. The van der Waals surface area contributed by atoms with E-state index in [-0.39, 0.29) is 24.7 Å². The third-order valence-corrected chi connectivity index (χ3v) is 5.11.